The molecule has 0 radical (unpaired) electrons. The number of quaternary nitrogens is 1. The van der Waals surface area contributed by atoms with E-state index in [-0.39, 0.29) is 0 Å². The van der Waals surface area contributed by atoms with Crippen LogP contribution in [-0.4, -0.2) is 49.6 Å². The van der Waals surface area contributed by atoms with E-state index in [1.807, 2.05) is 0 Å². The summed E-state index contributed by atoms with van der Waals surface area (Å²) in [6.45, 7) is 11.7. The molecule has 3 aromatic carbocycles. The number of sulfone groups is 1. The number of carbonyl (C=O) groups excluding carboxylic acids is 1. The quantitative estimate of drug-likeness (QED) is 0.452. The van der Waals surface area contributed by atoms with Crippen LogP contribution < -0.4 is 5.11 Å². The number of hydrogen-bond acceptors (Lipinski definition) is 5. The number of carboxylic acids is 2. The SMILES string of the molecule is CC[N+](CC)(CC)Cc1ccccc1.O=C([O-])c1ccccc1S(=O)(=O)c1ccccc1C(=O)O. The lowest BCUT2D eigenvalue weighted by Crippen LogP contribution is -2.46. The monoisotopic (exact) mass is 497 g/mol. The Bertz CT molecular complexity index is 1180. The molecule has 0 spiro atoms. The van der Waals surface area contributed by atoms with Gasteiger partial charge in [-0.3, -0.25) is 0 Å². The molecule has 0 aliphatic rings. The molecule has 0 aromatic heterocycles. The van der Waals surface area contributed by atoms with Gasteiger partial charge in [-0.2, -0.15) is 0 Å². The van der Waals surface area contributed by atoms with Crippen LogP contribution in [0, 0.1) is 0 Å². The van der Waals surface area contributed by atoms with E-state index >= 15 is 0 Å². The van der Waals surface area contributed by atoms with Crippen LogP contribution in [0.25, 0.3) is 0 Å². The molecule has 0 unspecified atom stereocenters. The van der Waals surface area contributed by atoms with Gasteiger partial charge in [0.2, 0.25) is 9.84 Å². The molecular formula is C27H31NO6S. The van der Waals surface area contributed by atoms with Gasteiger partial charge in [-0.1, -0.05) is 60.7 Å². The summed E-state index contributed by atoms with van der Waals surface area (Å²) in [5.41, 5.74) is 0.515. The zero-order valence-corrected chi connectivity index (χ0v) is 21.0. The summed E-state index contributed by atoms with van der Waals surface area (Å²) in [4.78, 5) is 21.2. The molecule has 0 fully saturated rings. The van der Waals surface area contributed by atoms with E-state index in [0.29, 0.717) is 0 Å². The Morgan fingerprint density at radius 1 is 0.743 bits per heavy atom. The van der Waals surface area contributed by atoms with Crippen LogP contribution in [0.2, 0.25) is 0 Å². The van der Waals surface area contributed by atoms with E-state index in [1.165, 1.54) is 60.5 Å². The van der Waals surface area contributed by atoms with Crippen molar-refractivity contribution in [2.45, 2.75) is 37.1 Å². The van der Waals surface area contributed by atoms with E-state index in [9.17, 15) is 23.1 Å². The predicted octanol–water partition coefficient (Wildman–Crippen LogP) is 3.64. The van der Waals surface area contributed by atoms with Gasteiger partial charge in [0, 0.05) is 11.1 Å². The first-order chi connectivity index (χ1) is 16.6. The lowest BCUT2D eigenvalue weighted by molar-refractivity contribution is -0.936. The Morgan fingerprint density at radius 3 is 1.63 bits per heavy atom. The molecule has 3 rings (SSSR count). The van der Waals surface area contributed by atoms with Crippen molar-refractivity contribution in [1.29, 1.82) is 0 Å². The van der Waals surface area contributed by atoms with Crippen LogP contribution in [0.15, 0.2) is 88.7 Å². The number of rotatable bonds is 9. The molecular weight excluding hydrogens is 466 g/mol. The molecule has 35 heavy (non-hydrogen) atoms. The highest BCUT2D eigenvalue weighted by atomic mass is 32.2. The fourth-order valence-corrected chi connectivity index (χ4v) is 5.48. The first-order valence-corrected chi connectivity index (χ1v) is 12.9. The second-order valence-corrected chi connectivity index (χ2v) is 9.91. The number of carboxylic acid groups (broad SMARTS) is 2. The normalized spacial score (nSPS) is 11.3. The highest BCUT2D eigenvalue weighted by Gasteiger charge is 2.26. The highest BCUT2D eigenvalue weighted by Crippen LogP contribution is 2.26. The summed E-state index contributed by atoms with van der Waals surface area (Å²) in [6, 6.07) is 20.7. The molecule has 8 heteroatoms. The van der Waals surface area contributed by atoms with E-state index < -0.39 is 42.7 Å². The maximum absolute atomic E-state index is 12.5. The zero-order valence-electron chi connectivity index (χ0n) is 20.2. The van der Waals surface area contributed by atoms with Crippen molar-refractivity contribution in [1.82, 2.24) is 0 Å². The average molecular weight is 498 g/mol. The third-order valence-corrected chi connectivity index (χ3v) is 8.05. The molecule has 186 valence electrons. The maximum atomic E-state index is 12.5. The van der Waals surface area contributed by atoms with Gasteiger partial charge in [-0.15, -0.1) is 0 Å². The van der Waals surface area contributed by atoms with Gasteiger partial charge in [0.25, 0.3) is 0 Å². The molecule has 7 nitrogen and oxygen atoms in total. The van der Waals surface area contributed by atoms with E-state index in [2.05, 4.69) is 51.1 Å². The molecule has 0 amide bonds. The Hall–Kier alpha value is -3.49. The fraction of sp³-hybridized carbons (Fsp3) is 0.259. The summed E-state index contributed by atoms with van der Waals surface area (Å²) >= 11 is 0. The van der Waals surface area contributed by atoms with E-state index in [4.69, 9.17) is 5.11 Å². The summed E-state index contributed by atoms with van der Waals surface area (Å²) < 4.78 is 26.3. The van der Waals surface area contributed by atoms with Gasteiger partial charge in [0.15, 0.2) is 0 Å². The topological polar surface area (TPSA) is 112 Å². The van der Waals surface area contributed by atoms with Crippen molar-refractivity contribution in [2.24, 2.45) is 0 Å². The Balaban J connectivity index is 0.000000269. The predicted molar refractivity (Wildman–Crippen MR) is 132 cm³/mol. The van der Waals surface area contributed by atoms with E-state index in [1.54, 1.807) is 0 Å². The molecule has 1 N–H and O–H groups in total. The molecule has 0 saturated heterocycles. The van der Waals surface area contributed by atoms with Gasteiger partial charge in [-0.25, -0.2) is 13.2 Å². The molecule has 3 aromatic rings. The second kappa shape index (κ2) is 12.3. The average Bonchev–Trinajstić information content (AvgIpc) is 2.88. The number of carbonyl (C=O) groups is 2. The summed E-state index contributed by atoms with van der Waals surface area (Å²) in [7, 11) is -4.29. The first kappa shape index (κ1) is 27.8. The maximum Gasteiger partial charge on any atom is 0.337 e. The van der Waals surface area contributed by atoms with E-state index in [0.717, 1.165) is 24.3 Å². The Labute approximate surface area is 206 Å². The molecule has 0 heterocycles. The molecule has 0 saturated carbocycles. The summed E-state index contributed by atoms with van der Waals surface area (Å²) in [5, 5.41) is 20.1. The smallest absolute Gasteiger partial charge is 0.337 e. The summed E-state index contributed by atoms with van der Waals surface area (Å²) in [5.74, 6) is -3.07. The van der Waals surface area contributed by atoms with Gasteiger partial charge < -0.3 is 19.5 Å². The molecule has 0 aliphatic carbocycles. The van der Waals surface area contributed by atoms with Crippen molar-refractivity contribution in [3.8, 4) is 0 Å². The third-order valence-electron chi connectivity index (χ3n) is 6.18. The number of hydrogen-bond donors (Lipinski definition) is 1. The van der Waals surface area contributed by atoms with Gasteiger partial charge in [0.05, 0.1) is 41.0 Å². The third kappa shape index (κ3) is 6.77. The fourth-order valence-electron chi connectivity index (χ4n) is 3.84. The van der Waals surface area contributed by atoms with Gasteiger partial charge in [0.1, 0.15) is 6.54 Å². The van der Waals surface area contributed by atoms with Crippen molar-refractivity contribution < 1.29 is 32.7 Å². The second-order valence-electron chi connectivity index (χ2n) is 8.02. The van der Waals surface area contributed by atoms with Crippen LogP contribution in [0.1, 0.15) is 47.1 Å². The Kier molecular flexibility index (Phi) is 9.74. The van der Waals surface area contributed by atoms with Crippen molar-refractivity contribution in [3.05, 3.63) is 95.6 Å². The molecule has 0 bridgehead atoms. The van der Waals surface area contributed by atoms with Gasteiger partial charge >= 0.3 is 5.97 Å². The van der Waals surface area contributed by atoms with Crippen molar-refractivity contribution in [3.63, 3.8) is 0 Å². The van der Waals surface area contributed by atoms with Crippen LogP contribution in [0.3, 0.4) is 0 Å². The zero-order chi connectivity index (χ0) is 26.1. The van der Waals surface area contributed by atoms with Crippen molar-refractivity contribution >= 4 is 21.8 Å². The minimum absolute atomic E-state index is 0.425. The molecule has 0 atom stereocenters. The minimum atomic E-state index is -4.29. The molecule has 0 aliphatic heterocycles. The lowest BCUT2D eigenvalue weighted by atomic mass is 10.2. The number of nitrogens with zero attached hydrogens (tertiary/aromatic N) is 1. The van der Waals surface area contributed by atoms with Gasteiger partial charge in [-0.05, 0) is 39.0 Å². The first-order valence-electron chi connectivity index (χ1n) is 11.4. The largest absolute Gasteiger partial charge is 0.545 e. The summed E-state index contributed by atoms with van der Waals surface area (Å²) in [6.07, 6.45) is 0. The van der Waals surface area contributed by atoms with Crippen molar-refractivity contribution in [2.75, 3.05) is 19.6 Å². The number of aromatic carboxylic acids is 2. The van der Waals surface area contributed by atoms with Crippen LogP contribution >= 0.6 is 0 Å². The highest BCUT2D eigenvalue weighted by molar-refractivity contribution is 7.91. The minimum Gasteiger partial charge on any atom is -0.545 e. The lowest BCUT2D eigenvalue weighted by Gasteiger charge is -2.35. The standard InChI is InChI=1S/C14H10O6S.C13H22N/c15-13(16)9-5-1-3-7-11(9)21(19,20)12-8-4-2-6-10(12)14(17)18;1-4-14(5-2,6-3)12-13-10-8-7-9-11-13/h1-8H,(H,15,16)(H,17,18);7-11H,4-6,12H2,1-3H3/q;+1/p-1. The van der Waals surface area contributed by atoms with Crippen LogP contribution in [0.4, 0.5) is 0 Å². The Morgan fingerprint density at radius 2 is 1.17 bits per heavy atom. The van der Waals surface area contributed by atoms with Crippen LogP contribution in [0.5, 0.6) is 0 Å². The van der Waals surface area contributed by atoms with Crippen LogP contribution in [-0.2, 0) is 16.4 Å². The number of benzene rings is 3.